The lowest BCUT2D eigenvalue weighted by Gasteiger charge is -1.99. The van der Waals surface area contributed by atoms with Gasteiger partial charge in [0.25, 0.3) is 0 Å². The number of carbonyl (C=O) groups is 3. The van der Waals surface area contributed by atoms with Gasteiger partial charge < -0.3 is 9.47 Å². The summed E-state index contributed by atoms with van der Waals surface area (Å²) in [5, 5.41) is 2.85. The maximum atomic E-state index is 11.8. The monoisotopic (exact) mass is 346 g/mol. The number of nitrogens with one attached hydrogen (secondary N) is 1. The minimum Gasteiger partial charge on any atom is -0.465 e. The number of nitrogens with zero attached hydrogens (tertiary/aromatic N) is 1. The van der Waals surface area contributed by atoms with Gasteiger partial charge in [-0.15, -0.1) is 0 Å². The van der Waals surface area contributed by atoms with Crippen molar-refractivity contribution in [2.75, 3.05) is 19.5 Å². The summed E-state index contributed by atoms with van der Waals surface area (Å²) in [6.45, 7) is 0. The van der Waals surface area contributed by atoms with Gasteiger partial charge in [-0.05, 0) is 23.8 Å². The number of thiazole rings is 1. The number of hydrogen-bond acceptors (Lipinski definition) is 7. The highest BCUT2D eigenvalue weighted by Crippen LogP contribution is 2.18. The van der Waals surface area contributed by atoms with Gasteiger partial charge in [0.1, 0.15) is 4.88 Å². The Hall–Kier alpha value is -3.00. The maximum Gasteiger partial charge on any atom is 0.349 e. The predicted molar refractivity (Wildman–Crippen MR) is 88.9 cm³/mol. The molecule has 0 spiro atoms. The molecule has 2 aromatic rings. The smallest absolute Gasteiger partial charge is 0.349 e. The van der Waals surface area contributed by atoms with Crippen molar-refractivity contribution in [2.24, 2.45) is 0 Å². The van der Waals surface area contributed by atoms with Gasteiger partial charge in [0.05, 0.1) is 26.0 Å². The Morgan fingerprint density at radius 2 is 1.75 bits per heavy atom. The summed E-state index contributed by atoms with van der Waals surface area (Å²) in [6.07, 6.45) is 4.25. The van der Waals surface area contributed by atoms with Crippen LogP contribution in [0.3, 0.4) is 0 Å². The molecule has 0 radical (unpaired) electrons. The van der Waals surface area contributed by atoms with Gasteiger partial charge in [-0.2, -0.15) is 0 Å². The van der Waals surface area contributed by atoms with Crippen LogP contribution in [0.5, 0.6) is 0 Å². The number of rotatable bonds is 5. The Bertz CT molecular complexity index is 780. The lowest BCUT2D eigenvalue weighted by molar-refractivity contribution is -0.111. The highest BCUT2D eigenvalue weighted by Gasteiger charge is 2.11. The minimum atomic E-state index is -0.505. The molecule has 7 nitrogen and oxygen atoms in total. The summed E-state index contributed by atoms with van der Waals surface area (Å²) in [6, 6.07) is 6.59. The summed E-state index contributed by atoms with van der Waals surface area (Å²) in [7, 11) is 2.58. The molecule has 0 saturated heterocycles. The molecule has 0 aliphatic heterocycles. The molecule has 0 atom stereocenters. The van der Waals surface area contributed by atoms with E-state index in [0.29, 0.717) is 15.6 Å². The Balaban J connectivity index is 1.96. The van der Waals surface area contributed by atoms with Crippen LogP contribution in [-0.4, -0.2) is 37.0 Å². The SMILES string of the molecule is COC(=O)c1ccc(C=CC(=O)Nc2ncc(C(=O)OC)s2)cc1. The fraction of sp³-hybridized carbons (Fsp3) is 0.125. The number of amides is 1. The first-order valence-electron chi connectivity index (χ1n) is 6.75. The van der Waals surface area contributed by atoms with Crippen molar-refractivity contribution >= 4 is 40.4 Å². The van der Waals surface area contributed by atoms with E-state index in [1.165, 1.54) is 26.5 Å². The van der Waals surface area contributed by atoms with Crippen molar-refractivity contribution in [3.63, 3.8) is 0 Å². The molecule has 1 aromatic carbocycles. The zero-order chi connectivity index (χ0) is 17.5. The lowest BCUT2D eigenvalue weighted by Crippen LogP contribution is -2.07. The van der Waals surface area contributed by atoms with Crippen LogP contribution in [0, 0.1) is 0 Å². The van der Waals surface area contributed by atoms with Crippen LogP contribution >= 0.6 is 11.3 Å². The van der Waals surface area contributed by atoms with Gasteiger partial charge in [0.2, 0.25) is 5.91 Å². The predicted octanol–water partition coefficient (Wildman–Crippen LogP) is 2.37. The third-order valence-corrected chi connectivity index (χ3v) is 3.77. The van der Waals surface area contributed by atoms with E-state index in [0.717, 1.165) is 16.9 Å². The van der Waals surface area contributed by atoms with Crippen molar-refractivity contribution < 1.29 is 23.9 Å². The third kappa shape index (κ3) is 4.50. The van der Waals surface area contributed by atoms with Crippen molar-refractivity contribution in [2.45, 2.75) is 0 Å². The van der Waals surface area contributed by atoms with Gasteiger partial charge in [-0.25, -0.2) is 14.6 Å². The maximum absolute atomic E-state index is 11.8. The van der Waals surface area contributed by atoms with Crippen molar-refractivity contribution in [3.05, 3.63) is 52.5 Å². The molecule has 0 bridgehead atoms. The number of carbonyl (C=O) groups excluding carboxylic acids is 3. The van der Waals surface area contributed by atoms with E-state index in [-0.39, 0.29) is 0 Å². The summed E-state index contributed by atoms with van der Waals surface area (Å²) in [4.78, 5) is 38.7. The normalized spacial score (nSPS) is 10.4. The number of methoxy groups -OCH3 is 2. The Kier molecular flexibility index (Phi) is 5.80. The highest BCUT2D eigenvalue weighted by molar-refractivity contribution is 7.17. The van der Waals surface area contributed by atoms with E-state index in [2.05, 4.69) is 19.8 Å². The van der Waals surface area contributed by atoms with E-state index in [9.17, 15) is 14.4 Å². The van der Waals surface area contributed by atoms with Crippen molar-refractivity contribution in [1.29, 1.82) is 0 Å². The molecule has 1 aromatic heterocycles. The first-order chi connectivity index (χ1) is 11.5. The van der Waals surface area contributed by atoms with Crippen LogP contribution in [0.25, 0.3) is 6.08 Å². The molecule has 0 unspecified atom stereocenters. The molecule has 1 heterocycles. The van der Waals surface area contributed by atoms with Crippen molar-refractivity contribution in [3.8, 4) is 0 Å². The summed E-state index contributed by atoms with van der Waals surface area (Å²) in [5.74, 6) is -1.32. The quantitative estimate of drug-likeness (QED) is 0.660. The largest absolute Gasteiger partial charge is 0.465 e. The number of anilines is 1. The molecule has 24 heavy (non-hydrogen) atoms. The molecule has 0 aliphatic rings. The van der Waals surface area contributed by atoms with Gasteiger partial charge in [0.15, 0.2) is 5.13 Å². The summed E-state index contributed by atoms with van der Waals surface area (Å²) >= 11 is 1.02. The molecule has 8 heteroatoms. The minimum absolute atomic E-state index is 0.297. The molecule has 124 valence electrons. The Morgan fingerprint density at radius 3 is 2.38 bits per heavy atom. The van der Waals surface area contributed by atoms with Crippen LogP contribution in [0.1, 0.15) is 25.6 Å². The third-order valence-electron chi connectivity index (χ3n) is 2.88. The first-order valence-corrected chi connectivity index (χ1v) is 7.56. The molecule has 1 amide bonds. The second kappa shape index (κ2) is 8.02. The van der Waals surface area contributed by atoms with Gasteiger partial charge in [-0.1, -0.05) is 23.5 Å². The summed E-state index contributed by atoms with van der Waals surface area (Å²) < 4.78 is 9.17. The molecular weight excluding hydrogens is 332 g/mol. The molecule has 1 N–H and O–H groups in total. The first kappa shape index (κ1) is 17.4. The number of hydrogen-bond donors (Lipinski definition) is 1. The average Bonchev–Trinajstić information content (AvgIpc) is 3.07. The lowest BCUT2D eigenvalue weighted by atomic mass is 10.1. The topological polar surface area (TPSA) is 94.6 Å². The van der Waals surface area contributed by atoms with Crippen molar-refractivity contribution in [1.82, 2.24) is 4.98 Å². The standard InChI is InChI=1S/C16H14N2O5S/c1-22-14(20)11-6-3-10(4-7-11)5-8-13(19)18-16-17-9-12(24-16)15(21)23-2/h3-9H,1-2H3,(H,17,18,19). The Morgan fingerprint density at radius 1 is 1.08 bits per heavy atom. The zero-order valence-electron chi connectivity index (χ0n) is 12.9. The van der Waals surface area contributed by atoms with Crippen LogP contribution in [-0.2, 0) is 14.3 Å². The van der Waals surface area contributed by atoms with Crippen LogP contribution in [0.4, 0.5) is 5.13 Å². The number of aromatic nitrogens is 1. The second-order valence-electron chi connectivity index (χ2n) is 4.46. The molecular formula is C16H14N2O5S. The van der Waals surface area contributed by atoms with Crippen LogP contribution in [0.2, 0.25) is 0 Å². The number of ether oxygens (including phenoxy) is 2. The van der Waals surface area contributed by atoms with E-state index in [1.54, 1.807) is 30.3 Å². The molecule has 0 fully saturated rings. The van der Waals surface area contributed by atoms with E-state index >= 15 is 0 Å². The highest BCUT2D eigenvalue weighted by atomic mass is 32.1. The average molecular weight is 346 g/mol. The second-order valence-corrected chi connectivity index (χ2v) is 5.49. The van der Waals surface area contributed by atoms with E-state index in [4.69, 9.17) is 0 Å². The van der Waals surface area contributed by atoms with Gasteiger partial charge >= 0.3 is 11.9 Å². The number of esters is 2. The zero-order valence-corrected chi connectivity index (χ0v) is 13.8. The van der Waals surface area contributed by atoms with Crippen LogP contribution in [0.15, 0.2) is 36.5 Å². The van der Waals surface area contributed by atoms with E-state index < -0.39 is 17.8 Å². The van der Waals surface area contributed by atoms with Crippen LogP contribution < -0.4 is 5.32 Å². The molecule has 0 saturated carbocycles. The van der Waals surface area contributed by atoms with E-state index in [1.807, 2.05) is 0 Å². The van der Waals surface area contributed by atoms with Gasteiger partial charge in [-0.3, -0.25) is 10.1 Å². The fourth-order valence-electron chi connectivity index (χ4n) is 1.69. The summed E-state index contributed by atoms with van der Waals surface area (Å²) in [5.41, 5.74) is 1.17. The van der Waals surface area contributed by atoms with Gasteiger partial charge in [0, 0.05) is 6.08 Å². The number of benzene rings is 1. The molecule has 0 aliphatic carbocycles. The fourth-order valence-corrected chi connectivity index (χ4v) is 2.43. The Labute approximate surface area is 141 Å². The molecule has 2 rings (SSSR count).